The molecule has 1 saturated carbocycles. The summed E-state index contributed by atoms with van der Waals surface area (Å²) in [5.41, 5.74) is 5.69. The first-order valence-electron chi connectivity index (χ1n) is 6.54. The van der Waals surface area contributed by atoms with E-state index in [1.807, 2.05) is 30.5 Å². The van der Waals surface area contributed by atoms with Gasteiger partial charge in [0.1, 0.15) is 0 Å². The van der Waals surface area contributed by atoms with Gasteiger partial charge < -0.3 is 0 Å². The van der Waals surface area contributed by atoms with Gasteiger partial charge in [0, 0.05) is 0 Å². The standard InChI is InChI=1S/C14H18N4/c15-18-13(8-10-4-3-5-10)14-9-16-11-6-1-2-7-12(11)17-14/h1-2,6-7,9-10,13,18H,3-5,8,15H2. The van der Waals surface area contributed by atoms with Crippen LogP contribution in [0.15, 0.2) is 30.5 Å². The maximum atomic E-state index is 5.66. The fraction of sp³-hybridized carbons (Fsp3) is 0.429. The van der Waals surface area contributed by atoms with Gasteiger partial charge in [0.15, 0.2) is 0 Å². The average Bonchev–Trinajstić information content (AvgIpc) is 2.37. The highest BCUT2D eigenvalue weighted by Gasteiger charge is 2.23. The maximum absolute atomic E-state index is 5.66. The second kappa shape index (κ2) is 5.00. The van der Waals surface area contributed by atoms with E-state index in [1.165, 1.54) is 19.3 Å². The van der Waals surface area contributed by atoms with Crippen LogP contribution in [-0.2, 0) is 0 Å². The molecule has 1 atom stereocenters. The molecule has 1 aromatic carbocycles. The van der Waals surface area contributed by atoms with Crippen LogP contribution in [-0.4, -0.2) is 9.97 Å². The summed E-state index contributed by atoms with van der Waals surface area (Å²) in [5, 5.41) is 0. The van der Waals surface area contributed by atoms with Gasteiger partial charge in [-0.25, -0.2) is 4.98 Å². The van der Waals surface area contributed by atoms with Crippen molar-refractivity contribution >= 4 is 11.0 Å². The Bertz CT molecular complexity index is 536. The Morgan fingerprint density at radius 2 is 2.06 bits per heavy atom. The number of nitrogens with zero attached hydrogens (tertiary/aromatic N) is 2. The van der Waals surface area contributed by atoms with E-state index in [2.05, 4.69) is 15.4 Å². The summed E-state index contributed by atoms with van der Waals surface area (Å²) < 4.78 is 0. The predicted molar refractivity (Wildman–Crippen MR) is 71.6 cm³/mol. The molecule has 0 aliphatic heterocycles. The zero-order valence-corrected chi connectivity index (χ0v) is 10.3. The van der Waals surface area contributed by atoms with Gasteiger partial charge in [0.05, 0.1) is 29.0 Å². The highest BCUT2D eigenvalue weighted by atomic mass is 15.2. The predicted octanol–water partition coefficient (Wildman–Crippen LogP) is 2.32. The molecule has 1 unspecified atom stereocenters. The molecule has 3 rings (SSSR count). The van der Waals surface area contributed by atoms with E-state index in [0.717, 1.165) is 29.1 Å². The quantitative estimate of drug-likeness (QED) is 0.638. The summed E-state index contributed by atoms with van der Waals surface area (Å²) in [7, 11) is 0. The smallest absolute Gasteiger partial charge is 0.0890 e. The second-order valence-corrected chi connectivity index (χ2v) is 5.04. The number of hydrogen-bond acceptors (Lipinski definition) is 4. The molecule has 1 heterocycles. The Hall–Kier alpha value is -1.52. The lowest BCUT2D eigenvalue weighted by Crippen LogP contribution is -2.31. The summed E-state index contributed by atoms with van der Waals surface area (Å²) in [6.07, 6.45) is 6.89. The number of hydrazine groups is 1. The monoisotopic (exact) mass is 242 g/mol. The number of hydrogen-bond donors (Lipinski definition) is 2. The molecule has 1 aliphatic carbocycles. The third-order valence-corrected chi connectivity index (χ3v) is 3.82. The molecule has 3 N–H and O–H groups in total. The van der Waals surface area contributed by atoms with Gasteiger partial charge in [-0.1, -0.05) is 31.4 Å². The van der Waals surface area contributed by atoms with Crippen LogP contribution in [0.25, 0.3) is 11.0 Å². The van der Waals surface area contributed by atoms with Crippen LogP contribution in [0, 0.1) is 5.92 Å². The van der Waals surface area contributed by atoms with Gasteiger partial charge >= 0.3 is 0 Å². The minimum absolute atomic E-state index is 0.118. The number of benzene rings is 1. The van der Waals surface area contributed by atoms with Crippen molar-refractivity contribution in [1.82, 2.24) is 15.4 Å². The van der Waals surface area contributed by atoms with Crippen molar-refractivity contribution in [2.75, 3.05) is 0 Å². The number of nitrogens with one attached hydrogen (secondary N) is 1. The SMILES string of the molecule is NNC(CC1CCC1)c1cnc2ccccc2n1. The molecule has 4 heteroatoms. The Labute approximate surface area is 107 Å². The van der Waals surface area contributed by atoms with E-state index < -0.39 is 0 Å². The first kappa shape index (κ1) is 11.6. The van der Waals surface area contributed by atoms with E-state index in [-0.39, 0.29) is 6.04 Å². The number of rotatable bonds is 4. The highest BCUT2D eigenvalue weighted by molar-refractivity contribution is 5.73. The van der Waals surface area contributed by atoms with Crippen LogP contribution in [0.5, 0.6) is 0 Å². The van der Waals surface area contributed by atoms with Crippen LogP contribution in [0.4, 0.5) is 0 Å². The van der Waals surface area contributed by atoms with Gasteiger partial charge in [0.25, 0.3) is 0 Å². The molecule has 4 nitrogen and oxygen atoms in total. The van der Waals surface area contributed by atoms with Crippen molar-refractivity contribution < 1.29 is 0 Å². The lowest BCUT2D eigenvalue weighted by atomic mass is 9.80. The van der Waals surface area contributed by atoms with Gasteiger partial charge in [0.2, 0.25) is 0 Å². The Balaban J connectivity index is 1.86. The van der Waals surface area contributed by atoms with Crippen LogP contribution < -0.4 is 11.3 Å². The molecule has 1 fully saturated rings. The van der Waals surface area contributed by atoms with Crippen molar-refractivity contribution in [3.8, 4) is 0 Å². The third-order valence-electron chi connectivity index (χ3n) is 3.82. The van der Waals surface area contributed by atoms with Gasteiger partial charge in [-0.15, -0.1) is 0 Å². The van der Waals surface area contributed by atoms with Gasteiger partial charge in [-0.2, -0.15) is 0 Å². The largest absolute Gasteiger partial charge is 0.271 e. The van der Waals surface area contributed by atoms with E-state index in [4.69, 9.17) is 5.84 Å². The molecule has 0 radical (unpaired) electrons. The average molecular weight is 242 g/mol. The molecule has 0 saturated heterocycles. The molecule has 1 aliphatic rings. The van der Waals surface area contributed by atoms with Crippen molar-refractivity contribution in [3.63, 3.8) is 0 Å². The zero-order chi connectivity index (χ0) is 12.4. The minimum Gasteiger partial charge on any atom is -0.271 e. The van der Waals surface area contributed by atoms with E-state index in [0.29, 0.717) is 0 Å². The van der Waals surface area contributed by atoms with Crippen LogP contribution in [0.3, 0.4) is 0 Å². The lowest BCUT2D eigenvalue weighted by Gasteiger charge is -2.29. The Morgan fingerprint density at radius 3 is 2.72 bits per heavy atom. The van der Waals surface area contributed by atoms with Gasteiger partial charge in [-0.3, -0.25) is 16.3 Å². The van der Waals surface area contributed by atoms with Crippen LogP contribution in [0.2, 0.25) is 0 Å². The Morgan fingerprint density at radius 1 is 1.28 bits per heavy atom. The summed E-state index contributed by atoms with van der Waals surface area (Å²) in [6.45, 7) is 0. The number of para-hydroxylation sites is 2. The molecule has 18 heavy (non-hydrogen) atoms. The normalized spacial score (nSPS) is 17.6. The first-order valence-corrected chi connectivity index (χ1v) is 6.54. The van der Waals surface area contributed by atoms with Crippen molar-refractivity contribution in [2.45, 2.75) is 31.7 Å². The first-order chi connectivity index (χ1) is 8.86. The minimum atomic E-state index is 0.118. The zero-order valence-electron chi connectivity index (χ0n) is 10.3. The molecule has 0 amide bonds. The van der Waals surface area contributed by atoms with Crippen molar-refractivity contribution in [1.29, 1.82) is 0 Å². The molecule has 94 valence electrons. The summed E-state index contributed by atoms with van der Waals surface area (Å²) in [6, 6.07) is 8.04. The van der Waals surface area contributed by atoms with Crippen LogP contribution in [0.1, 0.15) is 37.4 Å². The van der Waals surface area contributed by atoms with E-state index in [9.17, 15) is 0 Å². The second-order valence-electron chi connectivity index (χ2n) is 5.04. The summed E-state index contributed by atoms with van der Waals surface area (Å²) >= 11 is 0. The van der Waals surface area contributed by atoms with E-state index in [1.54, 1.807) is 0 Å². The third kappa shape index (κ3) is 2.21. The summed E-state index contributed by atoms with van der Waals surface area (Å²) in [5.74, 6) is 6.45. The van der Waals surface area contributed by atoms with Crippen LogP contribution >= 0.6 is 0 Å². The van der Waals surface area contributed by atoms with Gasteiger partial charge in [-0.05, 0) is 24.5 Å². The topological polar surface area (TPSA) is 63.8 Å². The molecule has 0 bridgehead atoms. The lowest BCUT2D eigenvalue weighted by molar-refractivity contribution is 0.260. The molecular formula is C14H18N4. The number of nitrogens with two attached hydrogens (primary N) is 1. The fourth-order valence-corrected chi connectivity index (χ4v) is 2.48. The maximum Gasteiger partial charge on any atom is 0.0890 e. The Kier molecular flexibility index (Phi) is 3.21. The number of aromatic nitrogens is 2. The number of fused-ring (bicyclic) bond motifs is 1. The molecule has 1 aromatic heterocycles. The highest BCUT2D eigenvalue weighted by Crippen LogP contribution is 2.34. The molecule has 0 spiro atoms. The van der Waals surface area contributed by atoms with Crippen molar-refractivity contribution in [3.05, 3.63) is 36.2 Å². The molecule has 2 aromatic rings. The van der Waals surface area contributed by atoms with Crippen molar-refractivity contribution in [2.24, 2.45) is 11.8 Å². The summed E-state index contributed by atoms with van der Waals surface area (Å²) in [4.78, 5) is 9.10. The van der Waals surface area contributed by atoms with E-state index >= 15 is 0 Å². The fourth-order valence-electron chi connectivity index (χ4n) is 2.48. The molecular weight excluding hydrogens is 224 g/mol.